The molecule has 8 heteroatoms. The fraction of sp³-hybridized carbons (Fsp3) is 0.304. The molecule has 31 heavy (non-hydrogen) atoms. The molecule has 162 valence electrons. The van der Waals surface area contributed by atoms with Crippen LogP contribution in [0.2, 0.25) is 0 Å². The fourth-order valence-electron chi connectivity index (χ4n) is 3.72. The van der Waals surface area contributed by atoms with E-state index in [-0.39, 0.29) is 11.5 Å². The van der Waals surface area contributed by atoms with Gasteiger partial charge in [-0.3, -0.25) is 30.0 Å². The second-order valence-electron chi connectivity index (χ2n) is 7.68. The normalized spacial score (nSPS) is 18.0. The Bertz CT molecular complexity index is 987. The summed E-state index contributed by atoms with van der Waals surface area (Å²) in [6.45, 7) is 1.90. The van der Waals surface area contributed by atoms with Gasteiger partial charge in [-0.25, -0.2) is 0 Å². The lowest BCUT2D eigenvalue weighted by Crippen LogP contribution is -2.47. The molecule has 1 fully saturated rings. The minimum absolute atomic E-state index is 0.256. The monoisotopic (exact) mass is 423 g/mol. The first-order valence-electron chi connectivity index (χ1n) is 10.2. The molecule has 0 radical (unpaired) electrons. The number of hydrogen-bond donors (Lipinski definition) is 4. The summed E-state index contributed by atoms with van der Waals surface area (Å²) in [4.78, 5) is 48.3. The number of carbonyl (C=O) groups is 4. The minimum Gasteiger partial charge on any atom is -0.481 e. The van der Waals surface area contributed by atoms with Gasteiger partial charge in [0.15, 0.2) is 0 Å². The topological polar surface area (TPSA) is 125 Å². The summed E-state index contributed by atoms with van der Waals surface area (Å²) < 4.78 is 0. The number of rotatable bonds is 5. The van der Waals surface area contributed by atoms with Crippen molar-refractivity contribution in [3.63, 3.8) is 0 Å². The van der Waals surface area contributed by atoms with E-state index in [2.05, 4.69) is 16.2 Å². The molecule has 0 heterocycles. The van der Waals surface area contributed by atoms with Crippen molar-refractivity contribution in [2.45, 2.75) is 32.6 Å². The fourth-order valence-corrected chi connectivity index (χ4v) is 3.72. The standard InChI is InChI=1S/C23H25N3O5/c1-14-5-4-6-16(13-14)20(27)24-17-11-9-15(10-12-17)21(28)25-26-22(29)18-7-2-3-8-19(18)23(30)31/h4-6,9-13,18-19H,2-3,7-8H2,1H3,(H,24,27)(H,25,28)(H,26,29)(H,30,31). The Labute approximate surface area is 180 Å². The Morgan fingerprint density at radius 2 is 1.52 bits per heavy atom. The first-order chi connectivity index (χ1) is 14.8. The maximum Gasteiger partial charge on any atom is 0.307 e. The molecule has 1 saturated carbocycles. The summed E-state index contributed by atoms with van der Waals surface area (Å²) >= 11 is 0. The lowest BCUT2D eigenvalue weighted by molar-refractivity contribution is -0.149. The van der Waals surface area contributed by atoms with Gasteiger partial charge in [0.05, 0.1) is 11.8 Å². The molecule has 2 aromatic rings. The number of amides is 3. The second-order valence-corrected chi connectivity index (χ2v) is 7.68. The summed E-state index contributed by atoms with van der Waals surface area (Å²) in [5, 5.41) is 12.1. The van der Waals surface area contributed by atoms with Gasteiger partial charge in [-0.1, -0.05) is 30.5 Å². The van der Waals surface area contributed by atoms with Crippen LogP contribution in [0.4, 0.5) is 5.69 Å². The summed E-state index contributed by atoms with van der Waals surface area (Å²) in [6.07, 6.45) is 2.50. The lowest BCUT2D eigenvalue weighted by Gasteiger charge is -2.27. The van der Waals surface area contributed by atoms with Crippen molar-refractivity contribution in [1.29, 1.82) is 0 Å². The predicted octanol–water partition coefficient (Wildman–Crippen LogP) is 2.90. The number of carboxylic acid groups (broad SMARTS) is 1. The van der Waals surface area contributed by atoms with E-state index in [1.807, 2.05) is 13.0 Å². The molecular formula is C23H25N3O5. The average molecular weight is 423 g/mol. The quantitative estimate of drug-likeness (QED) is 0.551. The van der Waals surface area contributed by atoms with Crippen LogP contribution in [0.1, 0.15) is 52.0 Å². The first kappa shape index (κ1) is 22.0. The van der Waals surface area contributed by atoms with Crippen LogP contribution in [0.15, 0.2) is 48.5 Å². The minimum atomic E-state index is -0.991. The van der Waals surface area contributed by atoms with Crippen molar-refractivity contribution < 1.29 is 24.3 Å². The van der Waals surface area contributed by atoms with Gasteiger partial charge in [0, 0.05) is 16.8 Å². The molecule has 0 aliphatic heterocycles. The van der Waals surface area contributed by atoms with E-state index >= 15 is 0 Å². The summed E-state index contributed by atoms with van der Waals surface area (Å²) in [5.41, 5.74) is 6.99. The number of nitrogens with one attached hydrogen (secondary N) is 3. The SMILES string of the molecule is Cc1cccc(C(=O)Nc2ccc(C(=O)NNC(=O)C3CCCCC3C(=O)O)cc2)c1. The van der Waals surface area contributed by atoms with Crippen LogP contribution in [0, 0.1) is 18.8 Å². The van der Waals surface area contributed by atoms with E-state index in [4.69, 9.17) is 0 Å². The van der Waals surface area contributed by atoms with E-state index in [9.17, 15) is 24.3 Å². The summed E-state index contributed by atoms with van der Waals surface area (Å²) in [6, 6.07) is 13.4. The van der Waals surface area contributed by atoms with Crippen LogP contribution < -0.4 is 16.2 Å². The third-order valence-electron chi connectivity index (χ3n) is 5.40. The van der Waals surface area contributed by atoms with Gasteiger partial charge < -0.3 is 10.4 Å². The van der Waals surface area contributed by atoms with E-state index in [0.717, 1.165) is 18.4 Å². The molecule has 1 aliphatic rings. The molecule has 0 saturated heterocycles. The number of anilines is 1. The molecular weight excluding hydrogens is 398 g/mol. The Balaban J connectivity index is 1.54. The zero-order chi connectivity index (χ0) is 22.4. The van der Waals surface area contributed by atoms with Crippen LogP contribution in [0.3, 0.4) is 0 Å². The van der Waals surface area contributed by atoms with Crippen LogP contribution in [0.25, 0.3) is 0 Å². The Morgan fingerprint density at radius 3 is 2.16 bits per heavy atom. The number of carboxylic acids is 1. The largest absolute Gasteiger partial charge is 0.481 e. The van der Waals surface area contributed by atoms with Crippen molar-refractivity contribution in [2.75, 3.05) is 5.32 Å². The molecule has 1 aliphatic carbocycles. The first-order valence-corrected chi connectivity index (χ1v) is 10.2. The number of hydrogen-bond acceptors (Lipinski definition) is 4. The number of aryl methyl sites for hydroxylation is 1. The molecule has 3 amide bonds. The van der Waals surface area contributed by atoms with Crippen LogP contribution in [-0.2, 0) is 9.59 Å². The molecule has 3 rings (SSSR count). The number of benzene rings is 2. The van der Waals surface area contributed by atoms with Gasteiger partial charge in [0.25, 0.3) is 11.8 Å². The third-order valence-corrected chi connectivity index (χ3v) is 5.40. The highest BCUT2D eigenvalue weighted by molar-refractivity contribution is 6.04. The van der Waals surface area contributed by atoms with Crippen molar-refractivity contribution >= 4 is 29.4 Å². The summed E-state index contributed by atoms with van der Waals surface area (Å²) in [5.74, 6) is -3.68. The van der Waals surface area contributed by atoms with Crippen molar-refractivity contribution in [3.8, 4) is 0 Å². The Hall–Kier alpha value is -3.68. The molecule has 2 aromatic carbocycles. The van der Waals surface area contributed by atoms with Crippen molar-refractivity contribution in [3.05, 3.63) is 65.2 Å². The highest BCUT2D eigenvalue weighted by Gasteiger charge is 2.35. The van der Waals surface area contributed by atoms with Crippen LogP contribution in [-0.4, -0.2) is 28.8 Å². The number of hydrazine groups is 1. The molecule has 0 bridgehead atoms. The van der Waals surface area contributed by atoms with Gasteiger partial charge in [0.2, 0.25) is 5.91 Å². The van der Waals surface area contributed by atoms with E-state index in [1.54, 1.807) is 30.3 Å². The number of aliphatic carboxylic acids is 1. The van der Waals surface area contributed by atoms with Gasteiger partial charge in [-0.15, -0.1) is 0 Å². The molecule has 2 atom stereocenters. The van der Waals surface area contributed by atoms with Crippen molar-refractivity contribution in [1.82, 2.24) is 10.9 Å². The third kappa shape index (κ3) is 5.69. The van der Waals surface area contributed by atoms with Gasteiger partial charge in [-0.05, 0) is 56.2 Å². The van der Waals surface area contributed by atoms with Gasteiger partial charge in [0.1, 0.15) is 0 Å². The zero-order valence-corrected chi connectivity index (χ0v) is 17.2. The smallest absolute Gasteiger partial charge is 0.307 e. The zero-order valence-electron chi connectivity index (χ0n) is 17.2. The van der Waals surface area contributed by atoms with Crippen LogP contribution >= 0.6 is 0 Å². The Kier molecular flexibility index (Phi) is 7.02. The van der Waals surface area contributed by atoms with Crippen molar-refractivity contribution in [2.24, 2.45) is 11.8 Å². The van der Waals surface area contributed by atoms with E-state index < -0.39 is 29.6 Å². The average Bonchev–Trinajstić information content (AvgIpc) is 2.77. The molecule has 4 N–H and O–H groups in total. The van der Waals surface area contributed by atoms with E-state index in [1.165, 1.54) is 12.1 Å². The highest BCUT2D eigenvalue weighted by Crippen LogP contribution is 2.30. The number of carbonyl (C=O) groups excluding carboxylic acids is 3. The molecule has 0 spiro atoms. The highest BCUT2D eigenvalue weighted by atomic mass is 16.4. The van der Waals surface area contributed by atoms with Gasteiger partial charge in [-0.2, -0.15) is 0 Å². The Morgan fingerprint density at radius 1 is 0.839 bits per heavy atom. The molecule has 2 unspecified atom stereocenters. The maximum atomic E-state index is 12.3. The molecule has 8 nitrogen and oxygen atoms in total. The second kappa shape index (κ2) is 9.88. The molecule has 0 aromatic heterocycles. The lowest BCUT2D eigenvalue weighted by atomic mass is 9.79. The predicted molar refractivity (Wildman–Crippen MR) is 114 cm³/mol. The van der Waals surface area contributed by atoms with Gasteiger partial charge >= 0.3 is 5.97 Å². The van der Waals surface area contributed by atoms with E-state index in [0.29, 0.717) is 24.1 Å². The maximum absolute atomic E-state index is 12.3. The van der Waals surface area contributed by atoms with Crippen LogP contribution in [0.5, 0.6) is 0 Å². The summed E-state index contributed by atoms with van der Waals surface area (Å²) in [7, 11) is 0.